The molecular formula is C10H8ClN3S. The van der Waals surface area contributed by atoms with E-state index >= 15 is 0 Å². The Balaban J connectivity index is 2.48. The van der Waals surface area contributed by atoms with Crippen LogP contribution in [0.4, 0.5) is 0 Å². The average molecular weight is 238 g/mol. The minimum Gasteiger partial charge on any atom is -0.389 e. The summed E-state index contributed by atoms with van der Waals surface area (Å²) in [4.78, 5) is 4.29. The van der Waals surface area contributed by atoms with Crippen LogP contribution in [0.1, 0.15) is 5.56 Å². The molecule has 0 aliphatic heterocycles. The predicted octanol–water partition coefficient (Wildman–Crippen LogP) is 2.16. The van der Waals surface area contributed by atoms with E-state index in [1.54, 1.807) is 18.6 Å². The van der Waals surface area contributed by atoms with Crippen molar-refractivity contribution in [2.24, 2.45) is 5.73 Å². The van der Waals surface area contributed by atoms with Gasteiger partial charge in [-0.05, 0) is 18.2 Å². The number of benzene rings is 1. The van der Waals surface area contributed by atoms with Crippen LogP contribution in [-0.2, 0) is 0 Å². The number of aromatic nitrogens is 2. The molecule has 0 radical (unpaired) electrons. The van der Waals surface area contributed by atoms with Gasteiger partial charge in [0.2, 0.25) is 0 Å². The van der Waals surface area contributed by atoms with Gasteiger partial charge in [-0.15, -0.1) is 0 Å². The molecule has 2 N–H and O–H groups in total. The van der Waals surface area contributed by atoms with Crippen LogP contribution in [0.5, 0.6) is 0 Å². The minimum atomic E-state index is 0.342. The highest BCUT2D eigenvalue weighted by Crippen LogP contribution is 2.21. The lowest BCUT2D eigenvalue weighted by atomic mass is 10.2. The van der Waals surface area contributed by atoms with Crippen molar-refractivity contribution >= 4 is 28.8 Å². The summed E-state index contributed by atoms with van der Waals surface area (Å²) in [5, 5.41) is 0.596. The molecule has 0 fully saturated rings. The third kappa shape index (κ3) is 2.00. The van der Waals surface area contributed by atoms with Gasteiger partial charge in [0.15, 0.2) is 0 Å². The number of nitrogens with two attached hydrogens (primary N) is 1. The highest BCUT2D eigenvalue weighted by molar-refractivity contribution is 7.80. The average Bonchev–Trinajstić information content (AvgIpc) is 2.70. The smallest absolute Gasteiger partial charge is 0.104 e. The van der Waals surface area contributed by atoms with Crippen molar-refractivity contribution in [3.8, 4) is 5.69 Å². The van der Waals surface area contributed by atoms with Gasteiger partial charge in [0, 0.05) is 18.0 Å². The molecule has 0 aliphatic rings. The van der Waals surface area contributed by atoms with Crippen LogP contribution in [0.2, 0.25) is 5.02 Å². The van der Waals surface area contributed by atoms with Gasteiger partial charge >= 0.3 is 0 Å². The normalized spacial score (nSPS) is 10.2. The Bertz CT molecular complexity index is 493. The molecule has 0 aliphatic carbocycles. The van der Waals surface area contributed by atoms with E-state index in [9.17, 15) is 0 Å². The number of halogens is 1. The number of rotatable bonds is 2. The Labute approximate surface area is 97.5 Å². The first-order chi connectivity index (χ1) is 7.18. The zero-order valence-corrected chi connectivity index (χ0v) is 9.29. The van der Waals surface area contributed by atoms with Gasteiger partial charge in [-0.3, -0.25) is 0 Å². The van der Waals surface area contributed by atoms with Crippen molar-refractivity contribution in [1.29, 1.82) is 0 Å². The second-order valence-electron chi connectivity index (χ2n) is 3.00. The lowest BCUT2D eigenvalue weighted by molar-refractivity contribution is 1.06. The fraction of sp³-hybridized carbons (Fsp3) is 0. The van der Waals surface area contributed by atoms with Gasteiger partial charge in [-0.1, -0.05) is 23.8 Å². The standard InChI is InChI=1S/C10H8ClN3S/c11-8-5-7(10(12)15)1-2-9(8)14-4-3-13-6-14/h1-6H,(H2,12,15). The van der Waals surface area contributed by atoms with E-state index < -0.39 is 0 Å². The molecule has 76 valence electrons. The molecule has 0 amide bonds. The second kappa shape index (κ2) is 4.00. The predicted molar refractivity (Wildman–Crippen MR) is 64.5 cm³/mol. The molecule has 3 nitrogen and oxygen atoms in total. The number of imidazole rings is 1. The topological polar surface area (TPSA) is 43.8 Å². The van der Waals surface area contributed by atoms with Crippen molar-refractivity contribution < 1.29 is 0 Å². The van der Waals surface area contributed by atoms with Crippen molar-refractivity contribution in [3.05, 3.63) is 47.5 Å². The molecule has 0 spiro atoms. The highest BCUT2D eigenvalue weighted by atomic mass is 35.5. The van der Waals surface area contributed by atoms with Crippen LogP contribution in [-0.4, -0.2) is 14.5 Å². The molecule has 5 heteroatoms. The lowest BCUT2D eigenvalue weighted by Gasteiger charge is -2.06. The van der Waals surface area contributed by atoms with Crippen LogP contribution in [0, 0.1) is 0 Å². The molecule has 2 aromatic rings. The molecule has 0 saturated heterocycles. The molecular weight excluding hydrogens is 230 g/mol. The van der Waals surface area contributed by atoms with Crippen LogP contribution < -0.4 is 5.73 Å². The van der Waals surface area contributed by atoms with Crippen molar-refractivity contribution in [3.63, 3.8) is 0 Å². The molecule has 0 bridgehead atoms. The number of hydrogen-bond acceptors (Lipinski definition) is 2. The molecule has 1 heterocycles. The summed E-state index contributed by atoms with van der Waals surface area (Å²) in [6, 6.07) is 5.45. The first kappa shape index (κ1) is 10.1. The van der Waals surface area contributed by atoms with E-state index in [1.165, 1.54) is 0 Å². The van der Waals surface area contributed by atoms with Crippen molar-refractivity contribution in [2.75, 3.05) is 0 Å². The van der Waals surface area contributed by atoms with Gasteiger partial charge in [0.05, 0.1) is 17.0 Å². The summed E-state index contributed by atoms with van der Waals surface area (Å²) in [6.07, 6.45) is 5.20. The van der Waals surface area contributed by atoms with E-state index in [1.807, 2.05) is 22.9 Å². The molecule has 0 atom stereocenters. The Kier molecular flexibility index (Phi) is 2.70. The highest BCUT2D eigenvalue weighted by Gasteiger charge is 2.04. The maximum Gasteiger partial charge on any atom is 0.104 e. The zero-order valence-electron chi connectivity index (χ0n) is 7.72. The Morgan fingerprint density at radius 1 is 1.47 bits per heavy atom. The molecule has 2 rings (SSSR count). The third-order valence-corrected chi connectivity index (χ3v) is 2.55. The van der Waals surface area contributed by atoms with Crippen LogP contribution in [0.3, 0.4) is 0 Å². The zero-order chi connectivity index (χ0) is 10.8. The maximum atomic E-state index is 6.10. The minimum absolute atomic E-state index is 0.342. The number of thiocarbonyl (C=S) groups is 1. The summed E-state index contributed by atoms with van der Waals surface area (Å²) in [5.74, 6) is 0. The molecule has 15 heavy (non-hydrogen) atoms. The molecule has 1 aromatic carbocycles. The van der Waals surface area contributed by atoms with Crippen LogP contribution in [0.25, 0.3) is 5.69 Å². The Hall–Kier alpha value is -1.39. The van der Waals surface area contributed by atoms with E-state index in [0.29, 0.717) is 10.0 Å². The first-order valence-corrected chi connectivity index (χ1v) is 5.05. The maximum absolute atomic E-state index is 6.10. The van der Waals surface area contributed by atoms with Crippen LogP contribution in [0.15, 0.2) is 36.9 Å². The van der Waals surface area contributed by atoms with Crippen molar-refractivity contribution in [1.82, 2.24) is 9.55 Å². The Morgan fingerprint density at radius 3 is 2.80 bits per heavy atom. The van der Waals surface area contributed by atoms with E-state index in [4.69, 9.17) is 29.6 Å². The summed E-state index contributed by atoms with van der Waals surface area (Å²) >= 11 is 11.0. The quantitative estimate of drug-likeness (QED) is 0.815. The summed E-state index contributed by atoms with van der Waals surface area (Å²) in [7, 11) is 0. The monoisotopic (exact) mass is 237 g/mol. The van der Waals surface area contributed by atoms with Gasteiger partial charge < -0.3 is 10.3 Å². The van der Waals surface area contributed by atoms with E-state index in [-0.39, 0.29) is 0 Å². The second-order valence-corrected chi connectivity index (χ2v) is 3.85. The first-order valence-electron chi connectivity index (χ1n) is 4.26. The fourth-order valence-corrected chi connectivity index (χ4v) is 1.68. The third-order valence-electron chi connectivity index (χ3n) is 2.01. The van der Waals surface area contributed by atoms with Gasteiger partial charge in [0.25, 0.3) is 0 Å². The van der Waals surface area contributed by atoms with Gasteiger partial charge in [-0.2, -0.15) is 0 Å². The van der Waals surface area contributed by atoms with Gasteiger partial charge in [-0.25, -0.2) is 4.98 Å². The number of nitrogens with zero attached hydrogens (tertiary/aromatic N) is 2. The molecule has 0 unspecified atom stereocenters. The summed E-state index contributed by atoms with van der Waals surface area (Å²) in [6.45, 7) is 0. The fourth-order valence-electron chi connectivity index (χ4n) is 1.27. The number of hydrogen-bond donors (Lipinski definition) is 1. The molecule has 1 aromatic heterocycles. The van der Waals surface area contributed by atoms with Crippen molar-refractivity contribution in [2.45, 2.75) is 0 Å². The van der Waals surface area contributed by atoms with Gasteiger partial charge in [0.1, 0.15) is 4.99 Å². The Morgan fingerprint density at radius 2 is 2.27 bits per heavy atom. The van der Waals surface area contributed by atoms with E-state index in [0.717, 1.165) is 11.3 Å². The lowest BCUT2D eigenvalue weighted by Crippen LogP contribution is -2.09. The largest absolute Gasteiger partial charge is 0.389 e. The summed E-state index contributed by atoms with van der Waals surface area (Å²) in [5.41, 5.74) is 7.12. The van der Waals surface area contributed by atoms with Crippen LogP contribution >= 0.6 is 23.8 Å². The van der Waals surface area contributed by atoms with E-state index in [2.05, 4.69) is 4.98 Å². The SMILES string of the molecule is NC(=S)c1ccc(-n2ccnc2)c(Cl)c1. The molecule has 0 saturated carbocycles. The summed E-state index contributed by atoms with van der Waals surface area (Å²) < 4.78 is 1.83.